The van der Waals surface area contributed by atoms with Crippen molar-refractivity contribution in [3.8, 4) is 23.0 Å². The Morgan fingerprint density at radius 2 is 0.655 bits per heavy atom. The molecule has 0 aliphatic rings. The van der Waals surface area contributed by atoms with Crippen molar-refractivity contribution < 1.29 is 30.8 Å². The van der Waals surface area contributed by atoms with Crippen LogP contribution >= 0.6 is 0 Å². The molecule has 0 aliphatic heterocycles. The van der Waals surface area contributed by atoms with Crippen molar-refractivity contribution in [1.29, 1.82) is 0 Å². The van der Waals surface area contributed by atoms with Crippen LogP contribution in [0.5, 0.6) is 23.0 Å². The molecule has 284 valence electrons. The van der Waals surface area contributed by atoms with Gasteiger partial charge >= 0.3 is 348 Å². The van der Waals surface area contributed by atoms with Crippen molar-refractivity contribution in [2.75, 3.05) is 0 Å². The zero-order chi connectivity index (χ0) is 40.2. The van der Waals surface area contributed by atoms with Gasteiger partial charge in [-0.2, -0.15) is 0 Å². The van der Waals surface area contributed by atoms with Gasteiger partial charge in [0.25, 0.3) is 0 Å². The van der Waals surface area contributed by atoms with E-state index >= 15 is 0 Å². The first kappa shape index (κ1) is 38.5. The van der Waals surface area contributed by atoms with E-state index in [-0.39, 0.29) is 0 Å². The average Bonchev–Trinajstić information content (AvgIpc) is 3.21. The van der Waals surface area contributed by atoms with Crippen molar-refractivity contribution in [3.05, 3.63) is 156 Å². The van der Waals surface area contributed by atoms with E-state index in [2.05, 4.69) is 19.9 Å². The van der Waals surface area contributed by atoms with Crippen molar-refractivity contribution in [2.45, 2.75) is 27.7 Å². The van der Waals surface area contributed by atoms with Crippen LogP contribution in [0.25, 0.3) is 43.6 Å². The minimum atomic E-state index is -4.05. The summed E-state index contributed by atoms with van der Waals surface area (Å²) >= 11 is -8.10. The number of carbonyl (C=O) groups is 2. The van der Waals surface area contributed by atoms with E-state index in [4.69, 9.17) is 21.2 Å². The number of hydrogen-bond donors (Lipinski definition) is 0. The molecule has 0 saturated carbocycles. The predicted molar refractivity (Wildman–Crippen MR) is 221 cm³/mol. The number of hydrogen-bond acceptors (Lipinski definition) is 12. The van der Waals surface area contributed by atoms with Crippen molar-refractivity contribution >= 4 is 90.2 Å². The number of benzene rings is 4. The average molecular weight is 886 g/mol. The summed E-state index contributed by atoms with van der Waals surface area (Å²) in [6.07, 6.45) is 1.94. The van der Waals surface area contributed by atoms with Gasteiger partial charge in [-0.15, -0.1) is 0 Å². The molecule has 58 heavy (non-hydrogen) atoms. The van der Waals surface area contributed by atoms with Crippen molar-refractivity contribution in [2.24, 2.45) is 0 Å². The Balaban J connectivity index is 1.06. The van der Waals surface area contributed by atoms with Gasteiger partial charge < -0.3 is 0 Å². The molecule has 8 aromatic rings. The number of fused-ring (bicyclic) bond motifs is 4. The first-order valence-corrected chi connectivity index (χ1v) is 24.3. The first-order valence-electron chi connectivity index (χ1n) is 18.4. The summed E-state index contributed by atoms with van der Waals surface area (Å²) < 4.78 is 37.2. The Morgan fingerprint density at radius 1 is 0.397 bits per heavy atom. The van der Waals surface area contributed by atoms with E-state index in [9.17, 15) is 9.59 Å². The molecule has 0 saturated heterocycles. The third kappa shape index (κ3) is 8.95. The predicted octanol–water partition coefficient (Wildman–Crippen LogP) is 8.34. The summed E-state index contributed by atoms with van der Waals surface area (Å²) in [6.45, 7) is 7.52. The molecular weight excluding hydrogens is 852 g/mol. The second kappa shape index (κ2) is 17.0. The normalized spacial score (nSPS) is 11.2. The Kier molecular flexibility index (Phi) is 11.3. The molecule has 0 fully saturated rings. The molecule has 0 N–H and O–H groups in total. The second-order valence-corrected chi connectivity index (χ2v) is 18.8. The summed E-state index contributed by atoms with van der Waals surface area (Å²) in [5.41, 5.74) is 5.52. The maximum absolute atomic E-state index is 13.5. The van der Waals surface area contributed by atoms with Gasteiger partial charge in [0.2, 0.25) is 0 Å². The van der Waals surface area contributed by atoms with Crippen LogP contribution in [-0.4, -0.2) is 66.5 Å². The molecule has 4 aromatic carbocycles. The van der Waals surface area contributed by atoms with Crippen LogP contribution in [0, 0.1) is 27.7 Å². The van der Waals surface area contributed by atoms with Crippen LogP contribution in [0.2, 0.25) is 0 Å². The fraction of sp³-hybridized carbons (Fsp3) is 0.0909. The van der Waals surface area contributed by atoms with Crippen LogP contribution in [0.3, 0.4) is 0 Å². The Bertz CT molecular complexity index is 2520. The summed E-state index contributed by atoms with van der Waals surface area (Å²) in [5, 5.41) is 3.37. The fourth-order valence-electron chi connectivity index (χ4n) is 6.21. The van der Waals surface area contributed by atoms with Gasteiger partial charge in [0.1, 0.15) is 0 Å². The van der Waals surface area contributed by atoms with Gasteiger partial charge in [0.15, 0.2) is 0 Å². The standard InChI is InChI=1S/4C10H9NO.C4H4O4.2Ga/c4*1-7-5-6-8-3-2-4-9(12)10(8)11-7;5-3(6)1-2-4(7)8;;/h4*2-6,12H,1H3;1-2H,(H,5,6)(H,7,8);;/q;;;;;2*+3/p-6/b;;;;2-1-;;. The molecular formula is C44H34Ga2N4O8. The molecule has 14 heteroatoms. The molecule has 0 atom stereocenters. The van der Waals surface area contributed by atoms with E-state index in [1.807, 2.05) is 125 Å². The first-order chi connectivity index (χ1) is 28.1. The number of rotatable bonds is 12. The topological polar surface area (TPSA) is 141 Å². The molecule has 0 unspecified atom stereocenters. The third-order valence-corrected chi connectivity index (χ3v) is 14.5. The van der Waals surface area contributed by atoms with Crippen LogP contribution in [0.4, 0.5) is 0 Å². The number of para-hydroxylation sites is 4. The molecule has 0 spiro atoms. The summed E-state index contributed by atoms with van der Waals surface area (Å²) in [4.78, 5) is 45.6. The number of pyridine rings is 4. The van der Waals surface area contributed by atoms with E-state index in [0.717, 1.165) is 56.5 Å². The monoisotopic (exact) mass is 884 g/mol. The minimum absolute atomic E-state index is 0.397. The molecule has 8 rings (SSSR count). The Morgan fingerprint density at radius 3 is 0.914 bits per heavy atom. The number of nitrogens with zero attached hydrogens (tertiary/aromatic N) is 4. The van der Waals surface area contributed by atoms with Crippen LogP contribution in [0.1, 0.15) is 22.8 Å². The third-order valence-electron chi connectivity index (χ3n) is 8.96. The summed E-state index contributed by atoms with van der Waals surface area (Å²) in [7, 11) is 0. The number of carbonyl (C=O) groups excluding carboxylic acids is 2. The van der Waals surface area contributed by atoms with E-state index < -0.39 is 46.6 Å². The SMILES string of the molecule is Cc1ccc2cccc([O][Ga]([O]C(=O)/C=C\C(=O)[O][Ga]([O]c3cccc4ccc(C)nc34)[O]c3cccc4ccc(C)nc34)[O]c3cccc4ccc(C)nc34)c2n1. The second-order valence-electron chi connectivity index (χ2n) is 13.4. The van der Waals surface area contributed by atoms with Gasteiger partial charge in [0, 0.05) is 0 Å². The van der Waals surface area contributed by atoms with Crippen LogP contribution in [-0.2, 0) is 16.6 Å². The van der Waals surface area contributed by atoms with Crippen LogP contribution in [0.15, 0.2) is 133 Å². The molecule has 0 radical (unpaired) electrons. The van der Waals surface area contributed by atoms with Gasteiger partial charge in [-0.25, -0.2) is 0 Å². The molecule has 0 bridgehead atoms. The van der Waals surface area contributed by atoms with E-state index in [1.165, 1.54) is 0 Å². The van der Waals surface area contributed by atoms with Gasteiger partial charge in [-0.3, -0.25) is 0 Å². The van der Waals surface area contributed by atoms with E-state index in [1.54, 1.807) is 24.3 Å². The number of aromatic nitrogens is 4. The van der Waals surface area contributed by atoms with Crippen LogP contribution < -0.4 is 14.1 Å². The summed E-state index contributed by atoms with van der Waals surface area (Å²) in [5.74, 6) is -0.156. The van der Waals surface area contributed by atoms with Crippen molar-refractivity contribution in [1.82, 2.24) is 19.9 Å². The quantitative estimate of drug-likeness (QED) is 0.0861. The summed E-state index contributed by atoms with van der Waals surface area (Å²) in [6, 6.07) is 37.3. The number of aryl methyl sites for hydroxylation is 4. The molecule has 4 aromatic heterocycles. The zero-order valence-electron chi connectivity index (χ0n) is 31.9. The van der Waals surface area contributed by atoms with Gasteiger partial charge in [-0.05, 0) is 0 Å². The van der Waals surface area contributed by atoms with Gasteiger partial charge in [-0.1, -0.05) is 0 Å². The maximum atomic E-state index is 13.5. The van der Waals surface area contributed by atoms with E-state index in [0.29, 0.717) is 45.1 Å². The van der Waals surface area contributed by atoms with Gasteiger partial charge in [0.05, 0.1) is 0 Å². The molecule has 0 aliphatic carbocycles. The Hall–Kier alpha value is -6.33. The molecule has 12 nitrogen and oxygen atoms in total. The zero-order valence-corrected chi connectivity index (χ0v) is 36.8. The van der Waals surface area contributed by atoms with Crippen molar-refractivity contribution in [3.63, 3.8) is 0 Å². The fourth-order valence-corrected chi connectivity index (χ4v) is 11.3. The molecule has 4 heterocycles. The Labute approximate surface area is 345 Å². The molecule has 0 amide bonds.